The summed E-state index contributed by atoms with van der Waals surface area (Å²) in [6.07, 6.45) is 2.84. The standard InChI is InChI=1S/C16H20N2O2/c1-11-6-7-13(9-12(11)2)18-10-15(19)17-8-4-3-5-14(17)16(18)20/h6-7,9,14H,3-5,8,10H2,1-2H3. The molecule has 2 amide bonds. The third-order valence-electron chi connectivity index (χ3n) is 4.47. The van der Waals surface area contributed by atoms with E-state index >= 15 is 0 Å². The van der Waals surface area contributed by atoms with Crippen molar-refractivity contribution in [2.75, 3.05) is 18.0 Å². The Bertz CT molecular complexity index is 568. The van der Waals surface area contributed by atoms with Gasteiger partial charge in [0.25, 0.3) is 0 Å². The molecule has 2 fully saturated rings. The minimum Gasteiger partial charge on any atom is -0.329 e. The van der Waals surface area contributed by atoms with Gasteiger partial charge in [-0.15, -0.1) is 0 Å². The lowest BCUT2D eigenvalue weighted by molar-refractivity contribution is -0.144. The normalized spacial score (nSPS) is 23.0. The van der Waals surface area contributed by atoms with E-state index < -0.39 is 0 Å². The maximum Gasteiger partial charge on any atom is 0.250 e. The van der Waals surface area contributed by atoms with E-state index in [4.69, 9.17) is 0 Å². The summed E-state index contributed by atoms with van der Waals surface area (Å²) in [5.41, 5.74) is 3.19. The average molecular weight is 272 g/mol. The molecule has 0 aromatic heterocycles. The maximum atomic E-state index is 12.6. The second-order valence-corrected chi connectivity index (χ2v) is 5.79. The van der Waals surface area contributed by atoms with Gasteiger partial charge < -0.3 is 9.80 Å². The zero-order valence-corrected chi connectivity index (χ0v) is 12.1. The highest BCUT2D eigenvalue weighted by atomic mass is 16.2. The Kier molecular flexibility index (Phi) is 3.24. The van der Waals surface area contributed by atoms with E-state index in [0.717, 1.165) is 37.1 Å². The molecule has 0 N–H and O–H groups in total. The molecule has 20 heavy (non-hydrogen) atoms. The predicted molar refractivity (Wildman–Crippen MR) is 77.6 cm³/mol. The summed E-state index contributed by atoms with van der Waals surface area (Å²) in [4.78, 5) is 28.3. The minimum absolute atomic E-state index is 0.0764. The lowest BCUT2D eigenvalue weighted by Gasteiger charge is -2.42. The highest BCUT2D eigenvalue weighted by molar-refractivity contribution is 6.06. The highest BCUT2D eigenvalue weighted by Crippen LogP contribution is 2.27. The number of anilines is 1. The van der Waals surface area contributed by atoms with E-state index in [1.165, 1.54) is 5.56 Å². The molecule has 2 heterocycles. The topological polar surface area (TPSA) is 40.6 Å². The Labute approximate surface area is 119 Å². The number of carbonyl (C=O) groups is 2. The molecule has 2 aliphatic rings. The zero-order chi connectivity index (χ0) is 14.3. The van der Waals surface area contributed by atoms with Crippen LogP contribution >= 0.6 is 0 Å². The molecule has 0 bridgehead atoms. The minimum atomic E-state index is -0.244. The first-order chi connectivity index (χ1) is 9.58. The fourth-order valence-corrected chi connectivity index (χ4v) is 3.08. The van der Waals surface area contributed by atoms with Gasteiger partial charge in [-0.1, -0.05) is 6.07 Å². The van der Waals surface area contributed by atoms with Crippen molar-refractivity contribution in [3.8, 4) is 0 Å². The molecule has 2 saturated heterocycles. The summed E-state index contributed by atoms with van der Waals surface area (Å²) >= 11 is 0. The Morgan fingerprint density at radius 3 is 2.65 bits per heavy atom. The molecular weight excluding hydrogens is 252 g/mol. The number of fused-ring (bicyclic) bond motifs is 1. The zero-order valence-electron chi connectivity index (χ0n) is 12.1. The number of hydrogen-bond acceptors (Lipinski definition) is 2. The number of aryl methyl sites for hydroxylation is 2. The van der Waals surface area contributed by atoms with E-state index in [9.17, 15) is 9.59 Å². The molecule has 1 aromatic rings. The first-order valence-electron chi connectivity index (χ1n) is 7.26. The number of hydrogen-bond donors (Lipinski definition) is 0. The largest absolute Gasteiger partial charge is 0.329 e. The molecular formula is C16H20N2O2. The van der Waals surface area contributed by atoms with E-state index in [-0.39, 0.29) is 24.4 Å². The van der Waals surface area contributed by atoms with Crippen LogP contribution in [0.1, 0.15) is 30.4 Å². The van der Waals surface area contributed by atoms with Crippen LogP contribution in [0.3, 0.4) is 0 Å². The van der Waals surface area contributed by atoms with Crippen molar-refractivity contribution in [3.63, 3.8) is 0 Å². The number of benzene rings is 1. The molecule has 3 rings (SSSR count). The quantitative estimate of drug-likeness (QED) is 0.785. The monoisotopic (exact) mass is 272 g/mol. The highest BCUT2D eigenvalue weighted by Gasteiger charge is 2.40. The number of nitrogens with zero attached hydrogens (tertiary/aromatic N) is 2. The molecule has 0 spiro atoms. The van der Waals surface area contributed by atoms with Crippen molar-refractivity contribution in [1.29, 1.82) is 0 Å². The average Bonchev–Trinajstić information content (AvgIpc) is 2.46. The van der Waals surface area contributed by atoms with Gasteiger partial charge in [0, 0.05) is 12.2 Å². The van der Waals surface area contributed by atoms with Crippen LogP contribution in [0.2, 0.25) is 0 Å². The SMILES string of the molecule is Cc1ccc(N2CC(=O)N3CCCCC3C2=O)cc1C. The van der Waals surface area contributed by atoms with E-state index in [1.807, 2.05) is 32.0 Å². The third kappa shape index (κ3) is 2.09. The molecule has 0 saturated carbocycles. The van der Waals surface area contributed by atoms with Gasteiger partial charge in [-0.3, -0.25) is 9.59 Å². The van der Waals surface area contributed by atoms with Crippen LogP contribution < -0.4 is 4.90 Å². The number of piperazine rings is 1. The second-order valence-electron chi connectivity index (χ2n) is 5.79. The fraction of sp³-hybridized carbons (Fsp3) is 0.500. The van der Waals surface area contributed by atoms with Gasteiger partial charge >= 0.3 is 0 Å². The number of rotatable bonds is 1. The van der Waals surface area contributed by atoms with E-state index in [0.29, 0.717) is 0 Å². The van der Waals surface area contributed by atoms with Crippen molar-refractivity contribution < 1.29 is 9.59 Å². The smallest absolute Gasteiger partial charge is 0.250 e. The van der Waals surface area contributed by atoms with Crippen LogP contribution in [-0.2, 0) is 9.59 Å². The summed E-state index contributed by atoms with van der Waals surface area (Å²) in [7, 11) is 0. The van der Waals surface area contributed by atoms with Crippen molar-refractivity contribution in [2.24, 2.45) is 0 Å². The summed E-state index contributed by atoms with van der Waals surface area (Å²) in [6.45, 7) is 4.99. The van der Waals surface area contributed by atoms with Crippen LogP contribution in [-0.4, -0.2) is 35.8 Å². The first-order valence-corrected chi connectivity index (χ1v) is 7.26. The molecule has 2 aliphatic heterocycles. The van der Waals surface area contributed by atoms with Crippen LogP contribution in [0.5, 0.6) is 0 Å². The Balaban J connectivity index is 1.92. The fourth-order valence-electron chi connectivity index (χ4n) is 3.08. The summed E-state index contributed by atoms with van der Waals surface area (Å²) in [6, 6.07) is 5.70. The molecule has 0 radical (unpaired) electrons. The van der Waals surface area contributed by atoms with Crippen LogP contribution in [0.4, 0.5) is 5.69 Å². The van der Waals surface area contributed by atoms with Gasteiger partial charge in [0.15, 0.2) is 0 Å². The lowest BCUT2D eigenvalue weighted by Crippen LogP contribution is -2.61. The molecule has 0 aliphatic carbocycles. The van der Waals surface area contributed by atoms with Crippen molar-refractivity contribution in [2.45, 2.75) is 39.2 Å². The molecule has 1 atom stereocenters. The molecule has 4 heteroatoms. The second kappa shape index (κ2) is 4.93. The van der Waals surface area contributed by atoms with Gasteiger partial charge in [-0.05, 0) is 56.4 Å². The Morgan fingerprint density at radius 1 is 1.10 bits per heavy atom. The van der Waals surface area contributed by atoms with Crippen molar-refractivity contribution in [1.82, 2.24) is 4.90 Å². The number of amides is 2. The van der Waals surface area contributed by atoms with Gasteiger partial charge in [0.05, 0.1) is 0 Å². The Hall–Kier alpha value is -1.84. The van der Waals surface area contributed by atoms with Gasteiger partial charge in [0.2, 0.25) is 11.8 Å². The van der Waals surface area contributed by atoms with E-state index in [1.54, 1.807) is 9.80 Å². The van der Waals surface area contributed by atoms with Crippen LogP contribution in [0, 0.1) is 13.8 Å². The first kappa shape index (κ1) is 13.2. The number of carbonyl (C=O) groups excluding carboxylic acids is 2. The van der Waals surface area contributed by atoms with E-state index in [2.05, 4.69) is 0 Å². The Morgan fingerprint density at radius 2 is 1.90 bits per heavy atom. The van der Waals surface area contributed by atoms with Gasteiger partial charge in [-0.25, -0.2) is 0 Å². The molecule has 1 aromatic carbocycles. The van der Waals surface area contributed by atoms with Crippen LogP contribution in [0.25, 0.3) is 0 Å². The summed E-state index contributed by atoms with van der Waals surface area (Å²) < 4.78 is 0. The summed E-state index contributed by atoms with van der Waals surface area (Å²) in [5, 5.41) is 0. The van der Waals surface area contributed by atoms with Gasteiger partial charge in [0.1, 0.15) is 12.6 Å². The maximum absolute atomic E-state index is 12.6. The predicted octanol–water partition coefficient (Wildman–Crippen LogP) is 2.03. The van der Waals surface area contributed by atoms with Crippen molar-refractivity contribution in [3.05, 3.63) is 29.3 Å². The van der Waals surface area contributed by atoms with Crippen molar-refractivity contribution >= 4 is 17.5 Å². The number of piperidine rings is 1. The molecule has 4 nitrogen and oxygen atoms in total. The van der Waals surface area contributed by atoms with Gasteiger partial charge in [-0.2, -0.15) is 0 Å². The summed E-state index contributed by atoms with van der Waals surface area (Å²) in [5.74, 6) is 0.153. The molecule has 106 valence electrons. The third-order valence-corrected chi connectivity index (χ3v) is 4.47. The lowest BCUT2D eigenvalue weighted by atomic mass is 9.97. The molecule has 1 unspecified atom stereocenters. The van der Waals surface area contributed by atoms with Crippen LogP contribution in [0.15, 0.2) is 18.2 Å².